The van der Waals surface area contributed by atoms with Crippen molar-refractivity contribution in [3.05, 3.63) is 0 Å². The monoisotopic (exact) mass is 280 g/mol. The van der Waals surface area contributed by atoms with Crippen LogP contribution in [0.1, 0.15) is 12.8 Å². The van der Waals surface area contributed by atoms with Crippen LogP contribution < -0.4 is 5.32 Å². The summed E-state index contributed by atoms with van der Waals surface area (Å²) in [6.45, 7) is 3.91. The summed E-state index contributed by atoms with van der Waals surface area (Å²) in [5.41, 5.74) is 0. The van der Waals surface area contributed by atoms with Gasteiger partial charge in [-0.05, 0) is 32.9 Å². The number of amides is 2. The number of hydrogen-bond acceptors (Lipinski definition) is 4. The summed E-state index contributed by atoms with van der Waals surface area (Å²) in [6, 6.07) is 0.0614. The second-order valence-electron chi connectivity index (χ2n) is 6.50. The number of rotatable bonds is 3. The maximum Gasteiger partial charge on any atom is 0.245 e. The van der Waals surface area contributed by atoms with E-state index in [0.29, 0.717) is 18.5 Å². The minimum absolute atomic E-state index is 0.00619. The summed E-state index contributed by atoms with van der Waals surface area (Å²) in [5, 5.41) is 2.86. The molecule has 1 saturated carbocycles. The third-order valence-electron chi connectivity index (χ3n) is 4.73. The second kappa shape index (κ2) is 5.33. The van der Waals surface area contributed by atoms with Gasteiger partial charge in [0.2, 0.25) is 11.8 Å². The van der Waals surface area contributed by atoms with Crippen LogP contribution in [0.2, 0.25) is 0 Å². The maximum absolute atomic E-state index is 12.5. The molecule has 0 spiro atoms. The van der Waals surface area contributed by atoms with Crippen LogP contribution in [0.3, 0.4) is 0 Å². The average Bonchev–Trinajstić information content (AvgIpc) is 3.22. The summed E-state index contributed by atoms with van der Waals surface area (Å²) in [6.07, 6.45) is 2.13. The van der Waals surface area contributed by atoms with Gasteiger partial charge in [0.1, 0.15) is 6.04 Å². The molecule has 1 aliphatic carbocycles. The van der Waals surface area contributed by atoms with Crippen molar-refractivity contribution in [2.45, 2.75) is 24.9 Å². The van der Waals surface area contributed by atoms with Crippen molar-refractivity contribution >= 4 is 11.8 Å². The van der Waals surface area contributed by atoms with Gasteiger partial charge in [-0.3, -0.25) is 14.5 Å². The number of likely N-dealkylation sites (N-methyl/N-ethyl adjacent to an activating group) is 2. The molecular formula is C14H24N4O2. The van der Waals surface area contributed by atoms with E-state index in [9.17, 15) is 9.59 Å². The van der Waals surface area contributed by atoms with Crippen LogP contribution in [0.15, 0.2) is 0 Å². The lowest BCUT2D eigenvalue weighted by Gasteiger charge is -2.42. The van der Waals surface area contributed by atoms with Gasteiger partial charge in [-0.2, -0.15) is 0 Å². The molecule has 112 valence electrons. The van der Waals surface area contributed by atoms with Gasteiger partial charge in [0.05, 0.1) is 6.54 Å². The Morgan fingerprint density at radius 1 is 1.20 bits per heavy atom. The zero-order valence-electron chi connectivity index (χ0n) is 12.3. The Morgan fingerprint density at radius 2 is 1.95 bits per heavy atom. The summed E-state index contributed by atoms with van der Waals surface area (Å²) in [4.78, 5) is 30.7. The zero-order chi connectivity index (χ0) is 14.3. The van der Waals surface area contributed by atoms with Gasteiger partial charge >= 0.3 is 0 Å². The first-order valence-electron chi connectivity index (χ1n) is 7.51. The molecule has 0 aromatic rings. The minimum Gasteiger partial charge on any atom is -0.342 e. The number of carbonyl (C=O) groups is 2. The van der Waals surface area contributed by atoms with E-state index in [-0.39, 0.29) is 24.4 Å². The Bertz CT molecular complexity index is 410. The van der Waals surface area contributed by atoms with E-state index in [1.807, 2.05) is 0 Å². The van der Waals surface area contributed by atoms with Crippen molar-refractivity contribution in [2.75, 3.05) is 46.8 Å². The fraction of sp³-hybridized carbons (Fsp3) is 0.857. The van der Waals surface area contributed by atoms with Crippen molar-refractivity contribution in [2.24, 2.45) is 5.92 Å². The van der Waals surface area contributed by atoms with Gasteiger partial charge in [0, 0.05) is 32.2 Å². The Labute approximate surface area is 120 Å². The van der Waals surface area contributed by atoms with Gasteiger partial charge < -0.3 is 15.1 Å². The Kier molecular flexibility index (Phi) is 3.69. The molecule has 3 aliphatic rings. The normalized spacial score (nSPS) is 33.4. The van der Waals surface area contributed by atoms with Crippen LogP contribution in [0, 0.1) is 5.92 Å². The molecular weight excluding hydrogens is 256 g/mol. The van der Waals surface area contributed by atoms with Crippen LogP contribution in [-0.2, 0) is 9.59 Å². The Hall–Kier alpha value is -1.14. The van der Waals surface area contributed by atoms with Crippen molar-refractivity contribution in [3.8, 4) is 0 Å². The number of nitrogens with one attached hydrogen (secondary N) is 1. The fourth-order valence-corrected chi connectivity index (χ4v) is 3.19. The van der Waals surface area contributed by atoms with Crippen molar-refractivity contribution in [3.63, 3.8) is 0 Å². The van der Waals surface area contributed by atoms with Crippen LogP contribution in [-0.4, -0.2) is 85.4 Å². The van der Waals surface area contributed by atoms with E-state index in [1.165, 1.54) is 0 Å². The number of nitrogens with zero attached hydrogens (tertiary/aromatic N) is 3. The van der Waals surface area contributed by atoms with Gasteiger partial charge in [-0.15, -0.1) is 0 Å². The molecule has 0 aromatic heterocycles. The Morgan fingerprint density at radius 3 is 2.65 bits per heavy atom. The van der Waals surface area contributed by atoms with E-state index in [4.69, 9.17) is 0 Å². The molecule has 6 nitrogen and oxygen atoms in total. The van der Waals surface area contributed by atoms with Crippen LogP contribution in [0.4, 0.5) is 0 Å². The molecule has 20 heavy (non-hydrogen) atoms. The topological polar surface area (TPSA) is 55.9 Å². The first kappa shape index (κ1) is 13.8. The molecule has 3 fully saturated rings. The molecule has 1 N–H and O–H groups in total. The largest absolute Gasteiger partial charge is 0.342 e. The lowest BCUT2D eigenvalue weighted by atomic mass is 10.1. The fourth-order valence-electron chi connectivity index (χ4n) is 3.19. The molecule has 2 amide bonds. The lowest BCUT2D eigenvalue weighted by molar-refractivity contribution is -0.145. The second-order valence-corrected chi connectivity index (χ2v) is 6.50. The van der Waals surface area contributed by atoms with Crippen molar-refractivity contribution in [1.29, 1.82) is 0 Å². The highest BCUT2D eigenvalue weighted by Gasteiger charge is 2.43. The predicted molar refractivity (Wildman–Crippen MR) is 75.1 cm³/mol. The molecule has 0 bridgehead atoms. The average molecular weight is 280 g/mol. The molecule has 2 atom stereocenters. The summed E-state index contributed by atoms with van der Waals surface area (Å²) < 4.78 is 0. The molecule has 2 unspecified atom stereocenters. The van der Waals surface area contributed by atoms with Gasteiger partial charge in [0.25, 0.3) is 0 Å². The standard InChI is InChI=1S/C14H24N4O2/c1-16-5-6-17(2)11(7-16)8-18-9-12(19)15-13(14(18)20)10-3-4-10/h10-11,13H,3-9H2,1-2H3,(H,15,19). The van der Waals surface area contributed by atoms with Gasteiger partial charge in [-0.1, -0.05) is 0 Å². The van der Waals surface area contributed by atoms with E-state index in [0.717, 1.165) is 32.5 Å². The Balaban J connectivity index is 1.65. The molecule has 6 heteroatoms. The van der Waals surface area contributed by atoms with Crippen LogP contribution in [0.25, 0.3) is 0 Å². The maximum atomic E-state index is 12.5. The lowest BCUT2D eigenvalue weighted by Crippen LogP contribution is -2.62. The third-order valence-corrected chi connectivity index (χ3v) is 4.73. The smallest absolute Gasteiger partial charge is 0.245 e. The first-order valence-corrected chi connectivity index (χ1v) is 7.51. The number of piperazine rings is 2. The molecule has 3 rings (SSSR count). The van der Waals surface area contributed by atoms with E-state index < -0.39 is 0 Å². The quantitative estimate of drug-likeness (QED) is 0.718. The molecule has 2 saturated heterocycles. The first-order chi connectivity index (χ1) is 9.54. The van der Waals surface area contributed by atoms with Crippen molar-refractivity contribution < 1.29 is 9.59 Å². The number of hydrogen-bond donors (Lipinski definition) is 1. The van der Waals surface area contributed by atoms with Crippen LogP contribution in [0.5, 0.6) is 0 Å². The SMILES string of the molecule is CN1CCN(C)C(CN2CC(=O)NC(C3CC3)C2=O)C1. The summed E-state index contributed by atoms with van der Waals surface area (Å²) >= 11 is 0. The molecule has 0 aromatic carbocycles. The van der Waals surface area contributed by atoms with Gasteiger partial charge in [0.15, 0.2) is 0 Å². The third kappa shape index (κ3) is 2.81. The zero-order valence-corrected chi connectivity index (χ0v) is 12.3. The molecule has 2 heterocycles. The molecule has 2 aliphatic heterocycles. The van der Waals surface area contributed by atoms with Crippen molar-refractivity contribution in [1.82, 2.24) is 20.0 Å². The highest BCUT2D eigenvalue weighted by Crippen LogP contribution is 2.34. The van der Waals surface area contributed by atoms with E-state index in [2.05, 4.69) is 29.2 Å². The summed E-state index contributed by atoms with van der Waals surface area (Å²) in [5.74, 6) is 0.489. The minimum atomic E-state index is -0.261. The highest BCUT2D eigenvalue weighted by atomic mass is 16.2. The predicted octanol–water partition coefficient (Wildman–Crippen LogP) is -1.03. The molecule has 0 radical (unpaired) electrons. The van der Waals surface area contributed by atoms with Crippen LogP contribution >= 0.6 is 0 Å². The van der Waals surface area contributed by atoms with Gasteiger partial charge in [-0.25, -0.2) is 0 Å². The highest BCUT2D eigenvalue weighted by molar-refractivity contribution is 5.95. The van der Waals surface area contributed by atoms with E-state index >= 15 is 0 Å². The summed E-state index contributed by atoms with van der Waals surface area (Å²) in [7, 11) is 4.21. The number of carbonyl (C=O) groups excluding carboxylic acids is 2. The van der Waals surface area contributed by atoms with E-state index in [1.54, 1.807) is 4.90 Å².